The van der Waals surface area contributed by atoms with Crippen molar-refractivity contribution in [2.24, 2.45) is 23.7 Å². The quantitative estimate of drug-likeness (QED) is 0.535. The molecule has 1 N–H and O–H groups in total. The van der Waals surface area contributed by atoms with Gasteiger partial charge in [0.1, 0.15) is 0 Å². The summed E-state index contributed by atoms with van der Waals surface area (Å²) >= 11 is 0. The summed E-state index contributed by atoms with van der Waals surface area (Å²) in [6.07, 6.45) is 12.9. The molecular weight excluding hydrogens is 234 g/mol. The van der Waals surface area contributed by atoms with E-state index in [0.717, 1.165) is 49.5 Å². The van der Waals surface area contributed by atoms with Crippen molar-refractivity contribution in [2.75, 3.05) is 19.8 Å². The summed E-state index contributed by atoms with van der Waals surface area (Å²) in [6, 6.07) is 0.820. The number of allylic oxidation sites excluding steroid dienone is 2. The Morgan fingerprint density at radius 1 is 1.11 bits per heavy atom. The summed E-state index contributed by atoms with van der Waals surface area (Å²) in [5.74, 6) is 3.53. The smallest absolute Gasteiger partial charge is 0.0591 e. The normalized spacial score (nSPS) is 31.1. The zero-order valence-electron chi connectivity index (χ0n) is 12.3. The van der Waals surface area contributed by atoms with Crippen LogP contribution in [0.4, 0.5) is 0 Å². The van der Waals surface area contributed by atoms with E-state index in [1.54, 1.807) is 0 Å². The van der Waals surface area contributed by atoms with Gasteiger partial charge >= 0.3 is 0 Å². The van der Waals surface area contributed by atoms with E-state index in [2.05, 4.69) is 24.4 Å². The van der Waals surface area contributed by atoms with Gasteiger partial charge in [0.05, 0.1) is 13.2 Å². The SMILES string of the molecule is CC1CC=CCC1COCCNC(C1CC1)C1CC1. The average molecular weight is 263 g/mol. The monoisotopic (exact) mass is 263 g/mol. The maximum Gasteiger partial charge on any atom is 0.0591 e. The molecule has 2 saturated carbocycles. The number of nitrogens with one attached hydrogen (secondary N) is 1. The molecule has 0 heterocycles. The fourth-order valence-corrected chi connectivity index (χ4v) is 3.40. The van der Waals surface area contributed by atoms with Gasteiger partial charge < -0.3 is 10.1 Å². The van der Waals surface area contributed by atoms with Crippen molar-refractivity contribution in [2.45, 2.75) is 51.5 Å². The van der Waals surface area contributed by atoms with Crippen LogP contribution in [0, 0.1) is 23.7 Å². The van der Waals surface area contributed by atoms with Gasteiger partial charge in [-0.1, -0.05) is 19.1 Å². The highest BCUT2D eigenvalue weighted by Crippen LogP contribution is 2.44. The Kier molecular flexibility index (Phi) is 4.60. The van der Waals surface area contributed by atoms with Crippen LogP contribution in [0.5, 0.6) is 0 Å². The molecule has 0 aromatic carbocycles. The molecule has 0 saturated heterocycles. The summed E-state index contributed by atoms with van der Waals surface area (Å²) in [5.41, 5.74) is 0. The van der Waals surface area contributed by atoms with E-state index < -0.39 is 0 Å². The lowest BCUT2D eigenvalue weighted by Crippen LogP contribution is -2.35. The third-order valence-electron chi connectivity index (χ3n) is 5.14. The Labute approximate surface area is 118 Å². The van der Waals surface area contributed by atoms with Crippen molar-refractivity contribution in [3.05, 3.63) is 12.2 Å². The van der Waals surface area contributed by atoms with Gasteiger partial charge in [0.2, 0.25) is 0 Å². The van der Waals surface area contributed by atoms with Gasteiger partial charge in [-0.3, -0.25) is 0 Å². The average Bonchev–Trinajstić information content (AvgIpc) is 3.28. The second kappa shape index (κ2) is 6.41. The first-order valence-electron chi connectivity index (χ1n) is 8.30. The van der Waals surface area contributed by atoms with Gasteiger partial charge in [0, 0.05) is 12.6 Å². The Hall–Kier alpha value is -0.340. The van der Waals surface area contributed by atoms with E-state index in [-0.39, 0.29) is 0 Å². The van der Waals surface area contributed by atoms with Crippen LogP contribution in [0.25, 0.3) is 0 Å². The van der Waals surface area contributed by atoms with Crippen LogP contribution >= 0.6 is 0 Å². The predicted molar refractivity (Wildman–Crippen MR) is 79.1 cm³/mol. The first-order chi connectivity index (χ1) is 9.34. The highest BCUT2D eigenvalue weighted by Gasteiger charge is 2.40. The zero-order chi connectivity index (χ0) is 13.1. The molecule has 0 aliphatic heterocycles. The molecule has 2 nitrogen and oxygen atoms in total. The van der Waals surface area contributed by atoms with E-state index in [0.29, 0.717) is 0 Å². The van der Waals surface area contributed by atoms with Crippen molar-refractivity contribution < 1.29 is 4.74 Å². The maximum atomic E-state index is 5.90. The molecule has 0 aromatic heterocycles. The van der Waals surface area contributed by atoms with Crippen molar-refractivity contribution in [3.63, 3.8) is 0 Å². The fraction of sp³-hybridized carbons (Fsp3) is 0.882. The topological polar surface area (TPSA) is 21.3 Å². The van der Waals surface area contributed by atoms with Crippen molar-refractivity contribution in [1.82, 2.24) is 5.32 Å². The van der Waals surface area contributed by atoms with Gasteiger partial charge in [-0.2, -0.15) is 0 Å². The maximum absolute atomic E-state index is 5.90. The minimum atomic E-state index is 0.743. The van der Waals surface area contributed by atoms with Crippen molar-refractivity contribution >= 4 is 0 Å². The van der Waals surface area contributed by atoms with E-state index in [1.807, 2.05) is 0 Å². The third-order valence-corrected chi connectivity index (χ3v) is 5.14. The third kappa shape index (κ3) is 4.06. The number of hydrogen-bond acceptors (Lipinski definition) is 2. The molecule has 19 heavy (non-hydrogen) atoms. The molecule has 2 fully saturated rings. The molecule has 2 atom stereocenters. The number of ether oxygens (including phenoxy) is 1. The molecule has 108 valence electrons. The molecule has 2 unspecified atom stereocenters. The second-order valence-corrected chi connectivity index (χ2v) is 6.91. The van der Waals surface area contributed by atoms with E-state index in [4.69, 9.17) is 4.74 Å². The van der Waals surface area contributed by atoms with Crippen LogP contribution in [0.1, 0.15) is 45.4 Å². The minimum Gasteiger partial charge on any atom is -0.380 e. The molecule has 0 bridgehead atoms. The molecule has 0 radical (unpaired) electrons. The van der Waals surface area contributed by atoms with E-state index in [9.17, 15) is 0 Å². The van der Waals surface area contributed by atoms with Crippen molar-refractivity contribution in [3.8, 4) is 0 Å². The summed E-state index contributed by atoms with van der Waals surface area (Å²) in [7, 11) is 0. The minimum absolute atomic E-state index is 0.743. The van der Waals surface area contributed by atoms with Crippen molar-refractivity contribution in [1.29, 1.82) is 0 Å². The standard InChI is InChI=1S/C17H29NO/c1-13-4-2-3-5-16(13)12-19-11-10-18-17(14-6-7-14)15-8-9-15/h2-3,13-18H,4-12H2,1H3. The van der Waals surface area contributed by atoms with Crippen LogP contribution in [0.2, 0.25) is 0 Å². The predicted octanol–water partition coefficient (Wildman–Crippen LogP) is 3.38. The number of hydrogen-bond donors (Lipinski definition) is 1. The van der Waals surface area contributed by atoms with Gasteiger partial charge in [-0.05, 0) is 62.2 Å². The summed E-state index contributed by atoms with van der Waals surface area (Å²) in [5, 5.41) is 3.75. The number of rotatable bonds is 8. The van der Waals surface area contributed by atoms with Crippen LogP contribution in [-0.2, 0) is 4.74 Å². The molecule has 0 amide bonds. The summed E-state index contributed by atoms with van der Waals surface area (Å²) in [4.78, 5) is 0. The van der Waals surface area contributed by atoms with E-state index in [1.165, 1.54) is 38.5 Å². The van der Waals surface area contributed by atoms with Gasteiger partial charge in [-0.25, -0.2) is 0 Å². The largest absolute Gasteiger partial charge is 0.380 e. The fourth-order valence-electron chi connectivity index (χ4n) is 3.40. The Morgan fingerprint density at radius 2 is 1.79 bits per heavy atom. The Bertz CT molecular complexity index is 294. The van der Waals surface area contributed by atoms with Gasteiger partial charge in [0.15, 0.2) is 0 Å². The van der Waals surface area contributed by atoms with Gasteiger partial charge in [0.25, 0.3) is 0 Å². The van der Waals surface area contributed by atoms with Gasteiger partial charge in [-0.15, -0.1) is 0 Å². The lowest BCUT2D eigenvalue weighted by Gasteiger charge is -2.25. The molecule has 0 aromatic rings. The van der Waals surface area contributed by atoms with Crippen LogP contribution in [0.15, 0.2) is 12.2 Å². The second-order valence-electron chi connectivity index (χ2n) is 6.91. The first-order valence-corrected chi connectivity index (χ1v) is 8.30. The molecule has 3 aliphatic rings. The summed E-state index contributed by atoms with van der Waals surface area (Å²) < 4.78 is 5.90. The van der Waals surface area contributed by atoms with Crippen LogP contribution < -0.4 is 5.32 Å². The summed E-state index contributed by atoms with van der Waals surface area (Å²) in [6.45, 7) is 5.24. The lowest BCUT2D eigenvalue weighted by atomic mass is 9.85. The molecule has 3 aliphatic carbocycles. The highest BCUT2D eigenvalue weighted by molar-refractivity contribution is 4.96. The molecular formula is C17H29NO. The Morgan fingerprint density at radius 3 is 2.42 bits per heavy atom. The zero-order valence-corrected chi connectivity index (χ0v) is 12.3. The molecule has 0 spiro atoms. The Balaban J connectivity index is 1.27. The molecule has 2 heteroatoms. The molecule has 3 rings (SSSR count). The van der Waals surface area contributed by atoms with Crippen LogP contribution in [0.3, 0.4) is 0 Å². The first kappa shape index (κ1) is 13.6. The highest BCUT2D eigenvalue weighted by atomic mass is 16.5. The van der Waals surface area contributed by atoms with E-state index >= 15 is 0 Å². The lowest BCUT2D eigenvalue weighted by molar-refractivity contribution is 0.0788. The van der Waals surface area contributed by atoms with Crippen LogP contribution in [-0.4, -0.2) is 25.8 Å².